The summed E-state index contributed by atoms with van der Waals surface area (Å²) in [5, 5.41) is 0.542. The first kappa shape index (κ1) is 13.1. The predicted octanol–water partition coefficient (Wildman–Crippen LogP) is 3.49. The van der Waals surface area contributed by atoms with E-state index in [1.807, 2.05) is 12.1 Å². The van der Waals surface area contributed by atoms with Crippen molar-refractivity contribution >= 4 is 17.4 Å². The number of pyridine rings is 1. The van der Waals surface area contributed by atoms with Gasteiger partial charge in [-0.05, 0) is 35.7 Å². The number of ether oxygens (including phenoxy) is 1. The molecule has 3 nitrogen and oxygen atoms in total. The van der Waals surface area contributed by atoms with Crippen molar-refractivity contribution in [3.05, 3.63) is 58.4 Å². The van der Waals surface area contributed by atoms with Crippen LogP contribution >= 0.6 is 11.6 Å². The van der Waals surface area contributed by atoms with Gasteiger partial charge in [0.25, 0.3) is 0 Å². The third-order valence-corrected chi connectivity index (χ3v) is 3.63. The maximum Gasteiger partial charge on any atom is 0.181 e. The van der Waals surface area contributed by atoms with Crippen LogP contribution in [-0.2, 0) is 12.8 Å². The molecule has 0 N–H and O–H groups in total. The molecule has 4 heteroatoms. The Balaban J connectivity index is 1.64. The smallest absolute Gasteiger partial charge is 0.181 e. The maximum atomic E-state index is 12.0. The first-order valence-corrected chi connectivity index (χ1v) is 6.99. The standard InChI is InChI=1S/C16H14ClNO2/c17-13-3-4-14(18-10-13)15(19)5-1-11-2-6-16-12(9-11)7-8-20-16/h2-4,6,9-10H,1,5,7-8H2. The molecule has 0 radical (unpaired) electrons. The number of carbonyl (C=O) groups excluding carboxylic acids is 1. The van der Waals surface area contributed by atoms with Crippen molar-refractivity contribution in [3.63, 3.8) is 0 Å². The number of aryl methyl sites for hydroxylation is 1. The number of benzene rings is 1. The van der Waals surface area contributed by atoms with Gasteiger partial charge in [0.05, 0.1) is 11.6 Å². The van der Waals surface area contributed by atoms with Crippen LogP contribution in [0.15, 0.2) is 36.5 Å². The van der Waals surface area contributed by atoms with Crippen molar-refractivity contribution in [2.75, 3.05) is 6.61 Å². The first-order valence-electron chi connectivity index (χ1n) is 6.62. The normalized spacial score (nSPS) is 12.8. The number of aromatic nitrogens is 1. The van der Waals surface area contributed by atoms with E-state index in [0.29, 0.717) is 17.1 Å². The molecule has 0 fully saturated rings. The van der Waals surface area contributed by atoms with Gasteiger partial charge in [-0.25, -0.2) is 0 Å². The van der Waals surface area contributed by atoms with E-state index in [1.54, 1.807) is 12.1 Å². The lowest BCUT2D eigenvalue weighted by atomic mass is 10.0. The fourth-order valence-corrected chi connectivity index (χ4v) is 2.43. The summed E-state index contributed by atoms with van der Waals surface area (Å²) in [4.78, 5) is 16.1. The molecule has 0 aliphatic carbocycles. The van der Waals surface area contributed by atoms with Crippen molar-refractivity contribution in [2.24, 2.45) is 0 Å². The van der Waals surface area contributed by atoms with Gasteiger partial charge in [-0.1, -0.05) is 23.7 Å². The van der Waals surface area contributed by atoms with Gasteiger partial charge >= 0.3 is 0 Å². The number of hydrogen-bond donors (Lipinski definition) is 0. The number of hydrogen-bond acceptors (Lipinski definition) is 3. The minimum Gasteiger partial charge on any atom is -0.493 e. The summed E-state index contributed by atoms with van der Waals surface area (Å²) in [6.07, 6.45) is 3.63. The lowest BCUT2D eigenvalue weighted by Crippen LogP contribution is -2.03. The molecule has 0 saturated carbocycles. The molecule has 2 aromatic rings. The third-order valence-electron chi connectivity index (χ3n) is 3.41. The number of carbonyl (C=O) groups is 1. The largest absolute Gasteiger partial charge is 0.493 e. The predicted molar refractivity (Wildman–Crippen MR) is 77.5 cm³/mol. The number of rotatable bonds is 4. The van der Waals surface area contributed by atoms with Crippen LogP contribution < -0.4 is 4.74 Å². The molecule has 3 rings (SSSR count). The Hall–Kier alpha value is -1.87. The Morgan fingerprint density at radius 2 is 2.20 bits per heavy atom. The van der Waals surface area contributed by atoms with E-state index in [-0.39, 0.29) is 5.78 Å². The van der Waals surface area contributed by atoms with Crippen LogP contribution in [0.5, 0.6) is 5.75 Å². The SMILES string of the molecule is O=C(CCc1ccc2c(c1)CCO2)c1ccc(Cl)cn1. The highest BCUT2D eigenvalue weighted by Crippen LogP contribution is 2.26. The summed E-state index contributed by atoms with van der Waals surface area (Å²) >= 11 is 5.76. The van der Waals surface area contributed by atoms with Crippen molar-refractivity contribution in [2.45, 2.75) is 19.3 Å². The molecule has 0 saturated heterocycles. The van der Waals surface area contributed by atoms with Crippen LogP contribution in [0.1, 0.15) is 28.0 Å². The molecule has 102 valence electrons. The van der Waals surface area contributed by atoms with Crippen molar-refractivity contribution < 1.29 is 9.53 Å². The van der Waals surface area contributed by atoms with E-state index in [4.69, 9.17) is 16.3 Å². The van der Waals surface area contributed by atoms with Crippen LogP contribution in [0.25, 0.3) is 0 Å². The molecule has 2 heterocycles. The second-order valence-corrected chi connectivity index (χ2v) is 5.26. The molecular weight excluding hydrogens is 274 g/mol. The summed E-state index contributed by atoms with van der Waals surface area (Å²) in [5.41, 5.74) is 2.87. The quantitative estimate of drug-likeness (QED) is 0.808. The summed E-state index contributed by atoms with van der Waals surface area (Å²) in [6, 6.07) is 9.50. The number of fused-ring (bicyclic) bond motifs is 1. The molecule has 0 bridgehead atoms. The number of ketones is 1. The molecule has 0 amide bonds. The maximum absolute atomic E-state index is 12.0. The molecular formula is C16H14ClNO2. The van der Waals surface area contributed by atoms with Crippen molar-refractivity contribution in [3.8, 4) is 5.75 Å². The van der Waals surface area contributed by atoms with Gasteiger partial charge in [-0.3, -0.25) is 9.78 Å². The van der Waals surface area contributed by atoms with Gasteiger partial charge < -0.3 is 4.74 Å². The first-order chi connectivity index (χ1) is 9.72. The molecule has 1 aromatic carbocycles. The van der Waals surface area contributed by atoms with E-state index in [9.17, 15) is 4.79 Å². The Bertz CT molecular complexity index is 637. The minimum absolute atomic E-state index is 0.0402. The van der Waals surface area contributed by atoms with Gasteiger partial charge in [0, 0.05) is 19.0 Å². The fourth-order valence-electron chi connectivity index (χ4n) is 2.32. The highest BCUT2D eigenvalue weighted by molar-refractivity contribution is 6.30. The Labute approximate surface area is 122 Å². The van der Waals surface area contributed by atoms with E-state index in [2.05, 4.69) is 11.1 Å². The zero-order chi connectivity index (χ0) is 13.9. The van der Waals surface area contributed by atoms with Crippen molar-refractivity contribution in [1.29, 1.82) is 0 Å². The van der Waals surface area contributed by atoms with Crippen molar-refractivity contribution in [1.82, 2.24) is 4.98 Å². The van der Waals surface area contributed by atoms with Gasteiger partial charge in [0.2, 0.25) is 0 Å². The van der Waals surface area contributed by atoms with Gasteiger partial charge in [0.1, 0.15) is 11.4 Å². The van der Waals surface area contributed by atoms with Crippen LogP contribution in [0.4, 0.5) is 0 Å². The molecule has 0 atom stereocenters. The summed E-state index contributed by atoms with van der Waals surface area (Å²) in [6.45, 7) is 0.756. The number of nitrogens with zero attached hydrogens (tertiary/aromatic N) is 1. The van der Waals surface area contributed by atoms with Crippen LogP contribution in [0.3, 0.4) is 0 Å². The fraction of sp³-hybridized carbons (Fsp3) is 0.250. The molecule has 1 aliphatic heterocycles. The Morgan fingerprint density at radius 1 is 1.30 bits per heavy atom. The second-order valence-electron chi connectivity index (χ2n) is 4.83. The number of halogens is 1. The molecule has 1 aliphatic rings. The highest BCUT2D eigenvalue weighted by atomic mass is 35.5. The average molecular weight is 288 g/mol. The van der Waals surface area contributed by atoms with E-state index < -0.39 is 0 Å². The zero-order valence-corrected chi connectivity index (χ0v) is 11.7. The lowest BCUT2D eigenvalue weighted by Gasteiger charge is -2.04. The molecule has 20 heavy (non-hydrogen) atoms. The van der Waals surface area contributed by atoms with Crippen LogP contribution in [0, 0.1) is 0 Å². The average Bonchev–Trinajstić information content (AvgIpc) is 2.93. The summed E-state index contributed by atoms with van der Waals surface area (Å²) in [5.74, 6) is 1.01. The third kappa shape index (κ3) is 2.83. The highest BCUT2D eigenvalue weighted by Gasteiger charge is 2.13. The molecule has 0 spiro atoms. The minimum atomic E-state index is 0.0402. The zero-order valence-electron chi connectivity index (χ0n) is 10.9. The monoisotopic (exact) mass is 287 g/mol. The van der Waals surface area contributed by atoms with Crippen LogP contribution in [-0.4, -0.2) is 17.4 Å². The Morgan fingerprint density at radius 3 is 3.00 bits per heavy atom. The van der Waals surface area contributed by atoms with Gasteiger partial charge in [0.15, 0.2) is 5.78 Å². The second kappa shape index (κ2) is 5.63. The van der Waals surface area contributed by atoms with Gasteiger partial charge in [-0.2, -0.15) is 0 Å². The van der Waals surface area contributed by atoms with E-state index in [1.165, 1.54) is 11.8 Å². The van der Waals surface area contributed by atoms with E-state index >= 15 is 0 Å². The van der Waals surface area contributed by atoms with Crippen LogP contribution in [0.2, 0.25) is 5.02 Å². The molecule has 1 aromatic heterocycles. The summed E-state index contributed by atoms with van der Waals surface area (Å²) < 4.78 is 5.47. The Kier molecular flexibility index (Phi) is 3.70. The topological polar surface area (TPSA) is 39.2 Å². The molecule has 0 unspecified atom stereocenters. The van der Waals surface area contributed by atoms with E-state index in [0.717, 1.165) is 30.8 Å². The number of Topliss-reactive ketones (excluding diaryl/α,β-unsaturated/α-hetero) is 1. The summed E-state index contributed by atoms with van der Waals surface area (Å²) in [7, 11) is 0. The van der Waals surface area contributed by atoms with Gasteiger partial charge in [-0.15, -0.1) is 0 Å². The lowest BCUT2D eigenvalue weighted by molar-refractivity contribution is 0.0978.